The third-order valence-corrected chi connectivity index (χ3v) is 7.96. The molecular weight excluding hydrogens is 336 g/mol. The summed E-state index contributed by atoms with van der Waals surface area (Å²) in [4.78, 5) is 13.3. The number of aliphatic hydroxyl groups is 1. The van der Waals surface area contributed by atoms with Gasteiger partial charge in [-0.3, -0.25) is 4.79 Å². The Bertz CT molecular complexity index is 891. The van der Waals surface area contributed by atoms with Crippen molar-refractivity contribution in [3.05, 3.63) is 46.0 Å². The summed E-state index contributed by atoms with van der Waals surface area (Å²) < 4.78 is 5.53. The van der Waals surface area contributed by atoms with Crippen molar-refractivity contribution in [3.8, 4) is 5.75 Å². The number of rotatable bonds is 3. The normalized spacial score (nSPS) is 33.6. The van der Waals surface area contributed by atoms with Crippen LogP contribution in [0.4, 0.5) is 0 Å². The first kappa shape index (κ1) is 18.5. The Kier molecular flexibility index (Phi) is 3.98. The summed E-state index contributed by atoms with van der Waals surface area (Å²) in [7, 11) is 1.71. The number of ketones is 1. The predicted octanol–water partition coefficient (Wildman–Crippen LogP) is 4.60. The molecule has 0 aromatic heterocycles. The van der Waals surface area contributed by atoms with Crippen LogP contribution in [0.25, 0.3) is 6.08 Å². The number of benzene rings is 1. The fourth-order valence-electron chi connectivity index (χ4n) is 6.26. The lowest BCUT2D eigenvalue weighted by atomic mass is 9.52. The van der Waals surface area contributed by atoms with Gasteiger partial charge in [0.15, 0.2) is 5.78 Å². The van der Waals surface area contributed by atoms with Gasteiger partial charge in [-0.15, -0.1) is 0 Å². The maximum Gasteiger partial charge on any atom is 0.163 e. The second kappa shape index (κ2) is 5.81. The van der Waals surface area contributed by atoms with Gasteiger partial charge in [0.05, 0.1) is 13.2 Å². The van der Waals surface area contributed by atoms with Crippen LogP contribution >= 0.6 is 0 Å². The van der Waals surface area contributed by atoms with Crippen LogP contribution in [-0.4, -0.2) is 24.1 Å². The van der Waals surface area contributed by atoms with Gasteiger partial charge in [-0.2, -0.15) is 0 Å². The van der Waals surface area contributed by atoms with Crippen LogP contribution in [0.3, 0.4) is 0 Å². The van der Waals surface area contributed by atoms with Crippen molar-refractivity contribution in [2.24, 2.45) is 17.3 Å². The number of fused-ring (bicyclic) bond motifs is 2. The first-order valence-electron chi connectivity index (χ1n) is 10.0. The van der Waals surface area contributed by atoms with E-state index in [0.717, 1.165) is 29.7 Å². The van der Waals surface area contributed by atoms with Gasteiger partial charge in [0.1, 0.15) is 5.75 Å². The minimum Gasteiger partial charge on any atom is -0.496 e. The monoisotopic (exact) mass is 366 g/mol. The molecule has 27 heavy (non-hydrogen) atoms. The fraction of sp³-hybridized carbons (Fsp3) is 0.542. The van der Waals surface area contributed by atoms with Gasteiger partial charge in [0.25, 0.3) is 0 Å². The van der Waals surface area contributed by atoms with Crippen LogP contribution in [0.15, 0.2) is 29.4 Å². The summed E-state index contributed by atoms with van der Waals surface area (Å²) in [6.07, 6.45) is 5.96. The number of Topliss-reactive ketones (excluding diaryl/α,β-unsaturated/α-hetero) is 1. The van der Waals surface area contributed by atoms with E-state index in [-0.39, 0.29) is 28.4 Å². The zero-order valence-corrected chi connectivity index (χ0v) is 17.2. The fourth-order valence-corrected chi connectivity index (χ4v) is 6.26. The molecule has 3 aliphatic carbocycles. The van der Waals surface area contributed by atoms with Crippen molar-refractivity contribution in [3.63, 3.8) is 0 Å². The summed E-state index contributed by atoms with van der Waals surface area (Å²) in [5.41, 5.74) is 5.44. The molecule has 3 nitrogen and oxygen atoms in total. The van der Waals surface area contributed by atoms with Gasteiger partial charge in [0.2, 0.25) is 0 Å². The molecule has 0 radical (unpaired) electrons. The highest BCUT2D eigenvalue weighted by atomic mass is 16.5. The lowest BCUT2D eigenvalue weighted by Crippen LogP contribution is -2.49. The highest BCUT2D eigenvalue weighted by molar-refractivity contribution is 6.03. The number of ether oxygens (including phenoxy) is 1. The highest BCUT2D eigenvalue weighted by Crippen LogP contribution is 2.69. The van der Waals surface area contributed by atoms with Gasteiger partial charge < -0.3 is 9.84 Å². The van der Waals surface area contributed by atoms with E-state index in [1.165, 1.54) is 16.7 Å². The Labute approximate surface area is 162 Å². The molecule has 3 aliphatic rings. The maximum atomic E-state index is 13.3. The van der Waals surface area contributed by atoms with E-state index in [0.29, 0.717) is 0 Å². The lowest BCUT2D eigenvalue weighted by Gasteiger charge is -2.50. The molecule has 1 aromatic carbocycles. The van der Waals surface area contributed by atoms with Crippen molar-refractivity contribution in [1.29, 1.82) is 0 Å². The van der Waals surface area contributed by atoms with Crippen LogP contribution in [0, 0.1) is 24.2 Å². The molecule has 4 rings (SSSR count). The molecule has 2 unspecified atom stereocenters. The second-order valence-corrected chi connectivity index (χ2v) is 8.93. The molecule has 1 spiro atoms. The molecule has 5 atom stereocenters. The molecule has 1 saturated carbocycles. The topological polar surface area (TPSA) is 46.5 Å². The van der Waals surface area contributed by atoms with E-state index in [9.17, 15) is 9.90 Å². The van der Waals surface area contributed by atoms with E-state index in [2.05, 4.69) is 38.1 Å². The number of hydrogen-bond acceptors (Lipinski definition) is 3. The molecule has 0 aliphatic heterocycles. The number of carbonyl (C=O) groups excluding carboxylic acids is 1. The number of carbonyl (C=O) groups is 1. The molecule has 1 N–H and O–H groups in total. The van der Waals surface area contributed by atoms with Crippen molar-refractivity contribution in [2.75, 3.05) is 7.11 Å². The smallest absolute Gasteiger partial charge is 0.163 e. The minimum atomic E-state index is -0.516. The van der Waals surface area contributed by atoms with Gasteiger partial charge in [0, 0.05) is 16.7 Å². The number of hydrogen-bond donors (Lipinski definition) is 1. The SMILES string of the molecule is COc1ccc2c(c1C)C=CC13C(=C(C)C(=O)[C@H]1[C@H](C)C(C)O)CC[C@]23C. The Hall–Kier alpha value is -1.87. The molecule has 0 bridgehead atoms. The largest absolute Gasteiger partial charge is 0.496 e. The molecule has 1 fully saturated rings. The van der Waals surface area contributed by atoms with Crippen LogP contribution in [0.5, 0.6) is 5.75 Å². The number of aliphatic hydroxyl groups excluding tert-OH is 1. The van der Waals surface area contributed by atoms with Gasteiger partial charge in [-0.05, 0) is 67.9 Å². The highest BCUT2D eigenvalue weighted by Gasteiger charge is 2.66. The summed E-state index contributed by atoms with van der Waals surface area (Å²) in [6, 6.07) is 4.25. The van der Waals surface area contributed by atoms with Gasteiger partial charge in [-0.1, -0.05) is 37.6 Å². The van der Waals surface area contributed by atoms with E-state index in [1.54, 1.807) is 7.11 Å². The molecule has 3 heteroatoms. The van der Waals surface area contributed by atoms with Crippen LogP contribution in [-0.2, 0) is 10.2 Å². The maximum absolute atomic E-state index is 13.3. The molecule has 144 valence electrons. The molecular formula is C24H30O3. The summed E-state index contributed by atoms with van der Waals surface area (Å²) in [5.74, 6) is 0.835. The van der Waals surface area contributed by atoms with E-state index < -0.39 is 6.10 Å². The third-order valence-electron chi connectivity index (χ3n) is 7.96. The molecule has 1 aromatic rings. The average molecular weight is 367 g/mol. The third kappa shape index (κ3) is 2.04. The summed E-state index contributed by atoms with van der Waals surface area (Å²) >= 11 is 0. The Morgan fingerprint density at radius 2 is 1.96 bits per heavy atom. The average Bonchev–Trinajstić information content (AvgIpc) is 3.05. The van der Waals surface area contributed by atoms with Crippen molar-refractivity contribution >= 4 is 11.9 Å². The Balaban J connectivity index is 1.99. The van der Waals surface area contributed by atoms with Crippen molar-refractivity contribution in [2.45, 2.75) is 59.0 Å². The standard InChI is InChI=1S/C24H30O3/c1-13(16(4)25)21-22(26)15(3)18-10-11-23(5)19-7-8-20(27-6)14(2)17(19)9-12-24(18,21)23/h7-9,12-13,16,21,25H,10-11H2,1-6H3/t13-,16?,21-,23-,24?/m1/s1. The number of allylic oxidation sites excluding steroid dienone is 3. The van der Waals surface area contributed by atoms with E-state index in [4.69, 9.17) is 4.74 Å². The van der Waals surface area contributed by atoms with Gasteiger partial charge >= 0.3 is 0 Å². The van der Waals surface area contributed by atoms with Crippen molar-refractivity contribution in [1.82, 2.24) is 0 Å². The molecule has 0 saturated heterocycles. The van der Waals surface area contributed by atoms with Gasteiger partial charge in [-0.25, -0.2) is 0 Å². The van der Waals surface area contributed by atoms with Crippen LogP contribution in [0.2, 0.25) is 0 Å². The first-order valence-corrected chi connectivity index (χ1v) is 10.0. The van der Waals surface area contributed by atoms with Crippen LogP contribution in [0.1, 0.15) is 57.2 Å². The summed E-state index contributed by atoms with van der Waals surface area (Å²) in [5, 5.41) is 10.4. The van der Waals surface area contributed by atoms with E-state index >= 15 is 0 Å². The van der Waals surface area contributed by atoms with Crippen molar-refractivity contribution < 1.29 is 14.6 Å². The second-order valence-electron chi connectivity index (χ2n) is 8.93. The lowest BCUT2D eigenvalue weighted by molar-refractivity contribution is -0.124. The minimum absolute atomic E-state index is 0.0899. The quantitative estimate of drug-likeness (QED) is 0.850. The summed E-state index contributed by atoms with van der Waals surface area (Å²) in [6.45, 7) is 10.3. The number of methoxy groups -OCH3 is 1. The molecule has 0 amide bonds. The first-order chi connectivity index (χ1) is 12.7. The Morgan fingerprint density at radius 1 is 1.26 bits per heavy atom. The molecule has 0 heterocycles. The zero-order chi connectivity index (χ0) is 19.7. The van der Waals surface area contributed by atoms with Crippen LogP contribution < -0.4 is 4.74 Å². The Morgan fingerprint density at radius 3 is 2.59 bits per heavy atom. The van der Waals surface area contributed by atoms with E-state index in [1.807, 2.05) is 20.8 Å². The zero-order valence-electron chi connectivity index (χ0n) is 17.2. The predicted molar refractivity (Wildman–Crippen MR) is 108 cm³/mol.